The standard InChI is InChI=1S/C12H12F2N2S/c13-10-1-2-11(14)9(7-10)8-15-4-3-12-16-5-6-17-12/h1-2,5-7,15H,3-4,8H2. The fourth-order valence-electron chi connectivity index (χ4n) is 1.47. The molecule has 0 fully saturated rings. The Bertz CT molecular complexity index is 471. The minimum Gasteiger partial charge on any atom is -0.312 e. The molecule has 0 amide bonds. The van der Waals surface area contributed by atoms with Crippen molar-refractivity contribution >= 4 is 11.3 Å². The van der Waals surface area contributed by atoms with Crippen LogP contribution in [0.4, 0.5) is 8.78 Å². The Labute approximate surface area is 102 Å². The van der Waals surface area contributed by atoms with Crippen LogP contribution < -0.4 is 5.32 Å². The number of benzene rings is 1. The lowest BCUT2D eigenvalue weighted by atomic mass is 10.2. The molecule has 0 aliphatic heterocycles. The lowest BCUT2D eigenvalue weighted by Gasteiger charge is -2.05. The minimum absolute atomic E-state index is 0.328. The molecular weight excluding hydrogens is 242 g/mol. The maximum absolute atomic E-state index is 13.3. The molecule has 0 saturated carbocycles. The summed E-state index contributed by atoms with van der Waals surface area (Å²) in [7, 11) is 0. The molecular formula is C12H12F2N2S. The quantitative estimate of drug-likeness (QED) is 0.830. The maximum Gasteiger partial charge on any atom is 0.127 e. The number of thiazole rings is 1. The average Bonchev–Trinajstić information content (AvgIpc) is 2.82. The molecule has 0 bridgehead atoms. The van der Waals surface area contributed by atoms with Crippen LogP contribution in [0, 0.1) is 11.6 Å². The Morgan fingerprint density at radius 2 is 2.18 bits per heavy atom. The van der Waals surface area contributed by atoms with E-state index in [4.69, 9.17) is 0 Å². The molecule has 0 radical (unpaired) electrons. The summed E-state index contributed by atoms with van der Waals surface area (Å²) >= 11 is 1.59. The van der Waals surface area contributed by atoms with Crippen LogP contribution in [-0.2, 0) is 13.0 Å². The summed E-state index contributed by atoms with van der Waals surface area (Å²) in [4.78, 5) is 4.14. The molecule has 2 rings (SSSR count). The van der Waals surface area contributed by atoms with E-state index >= 15 is 0 Å². The van der Waals surface area contributed by atoms with Gasteiger partial charge in [0.2, 0.25) is 0 Å². The van der Waals surface area contributed by atoms with Crippen LogP contribution in [0.15, 0.2) is 29.8 Å². The summed E-state index contributed by atoms with van der Waals surface area (Å²) in [5.41, 5.74) is 0.351. The van der Waals surface area contributed by atoms with E-state index in [0.29, 0.717) is 18.7 Å². The highest BCUT2D eigenvalue weighted by Crippen LogP contribution is 2.09. The van der Waals surface area contributed by atoms with Gasteiger partial charge in [-0.25, -0.2) is 13.8 Å². The molecule has 5 heteroatoms. The normalized spacial score (nSPS) is 10.7. The van der Waals surface area contributed by atoms with E-state index in [-0.39, 0.29) is 5.82 Å². The van der Waals surface area contributed by atoms with Gasteiger partial charge in [-0.3, -0.25) is 0 Å². The molecule has 2 aromatic rings. The van der Waals surface area contributed by atoms with E-state index in [0.717, 1.165) is 23.6 Å². The largest absolute Gasteiger partial charge is 0.312 e. The van der Waals surface area contributed by atoms with Crippen molar-refractivity contribution in [2.24, 2.45) is 0 Å². The van der Waals surface area contributed by atoms with Crippen LogP contribution in [0.25, 0.3) is 0 Å². The topological polar surface area (TPSA) is 24.9 Å². The number of rotatable bonds is 5. The Hall–Kier alpha value is -1.33. The van der Waals surface area contributed by atoms with E-state index in [1.165, 1.54) is 6.07 Å². The fraction of sp³-hybridized carbons (Fsp3) is 0.250. The SMILES string of the molecule is Fc1ccc(F)c(CNCCc2nccs2)c1. The van der Waals surface area contributed by atoms with E-state index in [1.807, 2.05) is 5.38 Å². The van der Waals surface area contributed by atoms with Crippen molar-refractivity contribution in [2.75, 3.05) is 6.54 Å². The van der Waals surface area contributed by atoms with Crippen LogP contribution in [0.5, 0.6) is 0 Å². The number of nitrogens with one attached hydrogen (secondary N) is 1. The summed E-state index contributed by atoms with van der Waals surface area (Å²) in [5.74, 6) is -0.795. The average molecular weight is 254 g/mol. The van der Waals surface area contributed by atoms with Gasteiger partial charge in [0, 0.05) is 36.7 Å². The smallest absolute Gasteiger partial charge is 0.127 e. The van der Waals surface area contributed by atoms with Gasteiger partial charge in [-0.1, -0.05) is 0 Å². The van der Waals surface area contributed by atoms with Gasteiger partial charge in [-0.05, 0) is 18.2 Å². The number of aromatic nitrogens is 1. The monoisotopic (exact) mass is 254 g/mol. The van der Waals surface area contributed by atoms with Crippen molar-refractivity contribution < 1.29 is 8.78 Å². The third kappa shape index (κ3) is 3.57. The molecule has 90 valence electrons. The number of hydrogen-bond donors (Lipinski definition) is 1. The van der Waals surface area contributed by atoms with Crippen molar-refractivity contribution in [3.8, 4) is 0 Å². The van der Waals surface area contributed by atoms with Gasteiger partial charge in [0.25, 0.3) is 0 Å². The molecule has 0 spiro atoms. The summed E-state index contributed by atoms with van der Waals surface area (Å²) in [6, 6.07) is 3.48. The zero-order valence-corrected chi connectivity index (χ0v) is 9.94. The molecule has 0 atom stereocenters. The molecule has 1 heterocycles. The molecule has 1 aromatic carbocycles. The molecule has 0 unspecified atom stereocenters. The van der Waals surface area contributed by atoms with Crippen molar-refractivity contribution in [2.45, 2.75) is 13.0 Å². The van der Waals surface area contributed by atoms with Crippen LogP contribution in [0.1, 0.15) is 10.6 Å². The Morgan fingerprint density at radius 1 is 1.29 bits per heavy atom. The zero-order valence-electron chi connectivity index (χ0n) is 9.12. The number of nitrogens with zero attached hydrogens (tertiary/aromatic N) is 1. The van der Waals surface area contributed by atoms with E-state index in [1.54, 1.807) is 17.5 Å². The molecule has 0 aliphatic carbocycles. The second-order valence-electron chi connectivity index (χ2n) is 3.59. The molecule has 17 heavy (non-hydrogen) atoms. The van der Waals surface area contributed by atoms with E-state index in [2.05, 4.69) is 10.3 Å². The van der Waals surface area contributed by atoms with Crippen LogP contribution in [0.2, 0.25) is 0 Å². The first-order valence-electron chi connectivity index (χ1n) is 5.29. The van der Waals surface area contributed by atoms with Crippen LogP contribution in [0.3, 0.4) is 0 Å². The van der Waals surface area contributed by atoms with Crippen molar-refractivity contribution in [3.05, 3.63) is 52.0 Å². The van der Waals surface area contributed by atoms with Gasteiger partial charge in [0.15, 0.2) is 0 Å². The minimum atomic E-state index is -0.414. The Morgan fingerprint density at radius 3 is 2.94 bits per heavy atom. The van der Waals surface area contributed by atoms with Crippen molar-refractivity contribution in [3.63, 3.8) is 0 Å². The summed E-state index contributed by atoms with van der Waals surface area (Å²) in [5, 5.41) is 6.03. The van der Waals surface area contributed by atoms with Crippen molar-refractivity contribution in [1.82, 2.24) is 10.3 Å². The predicted molar refractivity (Wildman–Crippen MR) is 63.9 cm³/mol. The summed E-state index contributed by atoms with van der Waals surface area (Å²) < 4.78 is 26.1. The maximum atomic E-state index is 13.3. The number of hydrogen-bond acceptors (Lipinski definition) is 3. The lowest BCUT2D eigenvalue weighted by molar-refractivity contribution is 0.569. The van der Waals surface area contributed by atoms with Gasteiger partial charge in [-0.2, -0.15) is 0 Å². The third-order valence-corrected chi connectivity index (χ3v) is 3.16. The first-order valence-corrected chi connectivity index (χ1v) is 6.16. The molecule has 0 aliphatic rings. The Kier molecular flexibility index (Phi) is 4.17. The Balaban J connectivity index is 1.80. The van der Waals surface area contributed by atoms with Gasteiger partial charge in [-0.15, -0.1) is 11.3 Å². The number of halogens is 2. The second kappa shape index (κ2) is 5.84. The zero-order chi connectivity index (χ0) is 12.1. The summed E-state index contributed by atoms with van der Waals surface area (Å²) in [6.45, 7) is 1.03. The third-order valence-electron chi connectivity index (χ3n) is 2.32. The summed E-state index contributed by atoms with van der Waals surface area (Å²) in [6.07, 6.45) is 2.56. The van der Waals surface area contributed by atoms with Gasteiger partial charge >= 0.3 is 0 Å². The highest BCUT2D eigenvalue weighted by Gasteiger charge is 2.03. The molecule has 1 N–H and O–H groups in total. The van der Waals surface area contributed by atoms with Gasteiger partial charge in [0.1, 0.15) is 11.6 Å². The fourth-order valence-corrected chi connectivity index (χ4v) is 2.09. The van der Waals surface area contributed by atoms with E-state index in [9.17, 15) is 8.78 Å². The van der Waals surface area contributed by atoms with Gasteiger partial charge in [0.05, 0.1) is 5.01 Å². The van der Waals surface area contributed by atoms with Crippen LogP contribution >= 0.6 is 11.3 Å². The first kappa shape index (κ1) is 12.1. The highest BCUT2D eigenvalue weighted by atomic mass is 32.1. The van der Waals surface area contributed by atoms with Gasteiger partial charge < -0.3 is 5.32 Å². The lowest BCUT2D eigenvalue weighted by Crippen LogP contribution is -2.17. The predicted octanol–water partition coefficient (Wildman–Crippen LogP) is 2.75. The first-order chi connectivity index (χ1) is 8.25. The molecule has 0 saturated heterocycles. The molecule has 2 nitrogen and oxygen atoms in total. The highest BCUT2D eigenvalue weighted by molar-refractivity contribution is 7.09. The van der Waals surface area contributed by atoms with E-state index < -0.39 is 5.82 Å². The second-order valence-corrected chi connectivity index (χ2v) is 4.57. The van der Waals surface area contributed by atoms with Crippen molar-refractivity contribution in [1.29, 1.82) is 0 Å². The van der Waals surface area contributed by atoms with Crippen LogP contribution in [-0.4, -0.2) is 11.5 Å². The molecule has 1 aromatic heterocycles.